The number of hydrogen-bond acceptors (Lipinski definition) is 9. The molecule has 0 N–H and O–H groups in total. The van der Waals surface area contributed by atoms with E-state index in [1.54, 1.807) is 27.7 Å². The first-order chi connectivity index (χ1) is 14.8. The van der Waals surface area contributed by atoms with E-state index in [9.17, 15) is 9.59 Å². The number of carbonyl (C=O) groups excluding carboxylic acids is 2. The minimum absolute atomic E-state index is 0.157. The van der Waals surface area contributed by atoms with Crippen LogP contribution in [0.5, 0.6) is 0 Å². The van der Waals surface area contributed by atoms with Gasteiger partial charge in [-0.25, -0.2) is 4.79 Å². The Hall–Kier alpha value is -1.65. The summed E-state index contributed by atoms with van der Waals surface area (Å²) in [4.78, 5) is 26.7. The van der Waals surface area contributed by atoms with Crippen LogP contribution in [0, 0.1) is 0 Å². The number of hydrogen-bond donors (Lipinski definition) is 0. The molecule has 170 valence electrons. The third-order valence-corrected chi connectivity index (χ3v) is 6.92. The summed E-state index contributed by atoms with van der Waals surface area (Å²) in [5.74, 6) is -1.97. The van der Waals surface area contributed by atoms with Crippen molar-refractivity contribution in [3.63, 3.8) is 0 Å². The molecule has 1 aromatic rings. The zero-order valence-corrected chi connectivity index (χ0v) is 18.9. The van der Waals surface area contributed by atoms with E-state index in [2.05, 4.69) is 0 Å². The average molecular weight is 453 g/mol. The van der Waals surface area contributed by atoms with Crippen molar-refractivity contribution < 1.29 is 38.0 Å². The summed E-state index contributed by atoms with van der Waals surface area (Å²) in [6.07, 6.45) is -2.52. The molecule has 6 atom stereocenters. The van der Waals surface area contributed by atoms with Crippen molar-refractivity contribution in [2.75, 3.05) is 13.2 Å². The van der Waals surface area contributed by atoms with E-state index in [0.29, 0.717) is 0 Å². The summed E-state index contributed by atoms with van der Waals surface area (Å²) < 4.78 is 35.0. The summed E-state index contributed by atoms with van der Waals surface area (Å²) in [5.41, 5.74) is -1.57. The Labute approximate surface area is 185 Å². The zero-order chi connectivity index (χ0) is 22.2. The van der Waals surface area contributed by atoms with E-state index >= 15 is 0 Å². The number of rotatable bonds is 7. The Morgan fingerprint density at radius 2 is 1.68 bits per heavy atom. The highest BCUT2D eigenvalue weighted by Crippen LogP contribution is 2.53. The van der Waals surface area contributed by atoms with Crippen LogP contribution in [0.1, 0.15) is 34.1 Å². The maximum Gasteiger partial charge on any atom is 0.340 e. The lowest BCUT2D eigenvalue weighted by atomic mass is 9.93. The third-order valence-electron chi connectivity index (χ3n) is 5.47. The van der Waals surface area contributed by atoms with Crippen LogP contribution >= 0.6 is 11.8 Å². The van der Waals surface area contributed by atoms with Crippen LogP contribution in [0.15, 0.2) is 35.2 Å². The molecule has 3 aliphatic rings. The van der Waals surface area contributed by atoms with E-state index in [1.807, 2.05) is 30.3 Å². The molecule has 0 radical (unpaired) electrons. The van der Waals surface area contributed by atoms with Gasteiger partial charge in [-0.1, -0.05) is 18.2 Å². The molecule has 3 saturated heterocycles. The fourth-order valence-electron chi connectivity index (χ4n) is 4.32. The molecule has 0 bridgehead atoms. The van der Waals surface area contributed by atoms with Gasteiger partial charge in [0.1, 0.15) is 18.3 Å². The first-order valence-corrected chi connectivity index (χ1v) is 11.4. The van der Waals surface area contributed by atoms with E-state index in [4.69, 9.17) is 28.4 Å². The van der Waals surface area contributed by atoms with Crippen LogP contribution in [-0.2, 0) is 38.0 Å². The van der Waals surface area contributed by atoms with Crippen LogP contribution < -0.4 is 0 Å². The molecule has 31 heavy (non-hydrogen) atoms. The maximum atomic E-state index is 13.3. The molecule has 8 nitrogen and oxygen atoms in total. The lowest BCUT2D eigenvalue weighted by molar-refractivity contribution is -0.210. The van der Waals surface area contributed by atoms with Crippen molar-refractivity contribution in [2.45, 2.75) is 80.3 Å². The van der Waals surface area contributed by atoms with Crippen LogP contribution in [0.3, 0.4) is 0 Å². The van der Waals surface area contributed by atoms with Gasteiger partial charge in [-0.05, 0) is 39.8 Å². The Kier molecular flexibility index (Phi) is 6.33. The van der Waals surface area contributed by atoms with Crippen LogP contribution in [0.4, 0.5) is 0 Å². The minimum Gasteiger partial charge on any atom is -0.466 e. The monoisotopic (exact) mass is 452 g/mol. The highest BCUT2D eigenvalue weighted by molar-refractivity contribution is 8.00. The van der Waals surface area contributed by atoms with E-state index in [0.717, 1.165) is 4.90 Å². The van der Waals surface area contributed by atoms with Crippen molar-refractivity contribution in [3.05, 3.63) is 30.3 Å². The predicted octanol–water partition coefficient (Wildman–Crippen LogP) is 2.68. The summed E-state index contributed by atoms with van der Waals surface area (Å²) in [5, 5.41) is -0.565. The second kappa shape index (κ2) is 8.71. The van der Waals surface area contributed by atoms with E-state index < -0.39 is 53.2 Å². The molecule has 3 fully saturated rings. The Morgan fingerprint density at radius 1 is 0.968 bits per heavy atom. The fourth-order valence-corrected chi connectivity index (χ4v) is 5.71. The number of carbonyl (C=O) groups is 2. The predicted molar refractivity (Wildman–Crippen MR) is 110 cm³/mol. The summed E-state index contributed by atoms with van der Waals surface area (Å²) in [7, 11) is 0. The molecule has 1 aromatic carbocycles. The highest BCUT2D eigenvalue weighted by Gasteiger charge is 2.70. The quantitative estimate of drug-likeness (QED) is 0.579. The number of fused-ring (bicyclic) bond motifs is 3. The van der Waals surface area contributed by atoms with Gasteiger partial charge < -0.3 is 28.4 Å². The van der Waals surface area contributed by atoms with Gasteiger partial charge in [0.05, 0.1) is 24.9 Å². The van der Waals surface area contributed by atoms with E-state index in [-0.39, 0.29) is 19.6 Å². The molecule has 0 saturated carbocycles. The summed E-state index contributed by atoms with van der Waals surface area (Å²) in [6.45, 7) is 7.39. The Bertz CT molecular complexity index is 815. The standard InChI is InChI=1S/C22H28O8S/c1-5-25-14(23)12-22(20(24)26-6-2)18(31-13-10-8-7-9-11-13)16-15(29-22)17-19(27-16)30-21(3,4)28-17/h7-11,15-19H,5-6,12H2,1-4H3. The van der Waals surface area contributed by atoms with Gasteiger partial charge in [0.15, 0.2) is 17.7 Å². The number of ether oxygens (including phenoxy) is 6. The first kappa shape index (κ1) is 22.5. The van der Waals surface area contributed by atoms with Gasteiger partial charge in [-0.15, -0.1) is 11.8 Å². The molecule has 0 spiro atoms. The molecule has 0 aromatic heterocycles. The van der Waals surface area contributed by atoms with Crippen molar-refractivity contribution in [1.82, 2.24) is 0 Å². The highest BCUT2D eigenvalue weighted by atomic mass is 32.2. The molecule has 3 heterocycles. The van der Waals surface area contributed by atoms with Gasteiger partial charge in [-0.2, -0.15) is 0 Å². The first-order valence-electron chi connectivity index (χ1n) is 10.5. The van der Waals surface area contributed by atoms with Crippen LogP contribution in [0.25, 0.3) is 0 Å². The van der Waals surface area contributed by atoms with Gasteiger partial charge >= 0.3 is 11.9 Å². The largest absolute Gasteiger partial charge is 0.466 e. The SMILES string of the molecule is CCOC(=O)CC1(C(=O)OCC)OC2C3OC(C)(C)OC3OC2C1Sc1ccccc1. The van der Waals surface area contributed by atoms with Crippen molar-refractivity contribution in [3.8, 4) is 0 Å². The number of benzene rings is 1. The second-order valence-electron chi connectivity index (χ2n) is 8.09. The molecule has 4 rings (SSSR count). The smallest absolute Gasteiger partial charge is 0.340 e. The topological polar surface area (TPSA) is 89.5 Å². The third kappa shape index (κ3) is 4.21. The van der Waals surface area contributed by atoms with Crippen molar-refractivity contribution in [2.24, 2.45) is 0 Å². The normalized spacial score (nSPS) is 35.4. The van der Waals surface area contributed by atoms with Gasteiger partial charge in [0.2, 0.25) is 0 Å². The molecular formula is C22H28O8S. The maximum absolute atomic E-state index is 13.3. The van der Waals surface area contributed by atoms with Crippen molar-refractivity contribution in [1.29, 1.82) is 0 Å². The second-order valence-corrected chi connectivity index (χ2v) is 9.31. The van der Waals surface area contributed by atoms with Gasteiger partial charge in [0, 0.05) is 4.90 Å². The Balaban J connectivity index is 1.71. The van der Waals surface area contributed by atoms with E-state index in [1.165, 1.54) is 11.8 Å². The molecule has 0 aliphatic carbocycles. The minimum atomic E-state index is -1.57. The van der Waals surface area contributed by atoms with Gasteiger partial charge in [-0.3, -0.25) is 4.79 Å². The lowest BCUT2D eigenvalue weighted by Crippen LogP contribution is -2.52. The zero-order valence-electron chi connectivity index (χ0n) is 18.1. The molecule has 0 amide bonds. The van der Waals surface area contributed by atoms with Gasteiger partial charge in [0.25, 0.3) is 0 Å². The Morgan fingerprint density at radius 3 is 2.35 bits per heavy atom. The molecular weight excluding hydrogens is 424 g/mol. The number of esters is 2. The van der Waals surface area contributed by atoms with Crippen LogP contribution in [-0.4, -0.2) is 66.4 Å². The van der Waals surface area contributed by atoms with Crippen molar-refractivity contribution >= 4 is 23.7 Å². The average Bonchev–Trinajstić information content (AvgIpc) is 3.29. The molecule has 6 unspecified atom stereocenters. The lowest BCUT2D eigenvalue weighted by Gasteiger charge is -2.33. The number of thioether (sulfide) groups is 1. The van der Waals surface area contributed by atoms with Crippen LogP contribution in [0.2, 0.25) is 0 Å². The fraction of sp³-hybridized carbons (Fsp3) is 0.636. The molecule has 9 heteroatoms. The summed E-state index contributed by atoms with van der Waals surface area (Å²) in [6, 6.07) is 9.60. The summed E-state index contributed by atoms with van der Waals surface area (Å²) >= 11 is 1.42. The molecule has 3 aliphatic heterocycles.